The summed E-state index contributed by atoms with van der Waals surface area (Å²) >= 11 is 0. The maximum absolute atomic E-state index is 12.7. The number of benzene rings is 2. The summed E-state index contributed by atoms with van der Waals surface area (Å²) in [6.45, 7) is 6.32. The van der Waals surface area contributed by atoms with Crippen LogP contribution in [0.2, 0.25) is 0 Å². The van der Waals surface area contributed by atoms with E-state index in [0.29, 0.717) is 25.7 Å². The summed E-state index contributed by atoms with van der Waals surface area (Å²) in [5, 5.41) is 0. The van der Waals surface area contributed by atoms with Gasteiger partial charge in [-0.3, -0.25) is 9.69 Å². The van der Waals surface area contributed by atoms with Crippen molar-refractivity contribution in [2.45, 2.75) is 26.0 Å². The van der Waals surface area contributed by atoms with Crippen LogP contribution in [0.5, 0.6) is 5.75 Å². The molecule has 0 bridgehead atoms. The molecule has 5 heteroatoms. The van der Waals surface area contributed by atoms with Crippen LogP contribution in [0.3, 0.4) is 0 Å². The fraction of sp³-hybridized carbons (Fsp3) is 0.458. The lowest BCUT2D eigenvalue weighted by Gasteiger charge is -2.35. The Labute approximate surface area is 173 Å². The first-order valence-corrected chi connectivity index (χ1v) is 10.6. The first-order valence-electron chi connectivity index (χ1n) is 10.6. The zero-order valence-corrected chi connectivity index (χ0v) is 17.0. The van der Waals surface area contributed by atoms with E-state index in [1.54, 1.807) is 0 Å². The van der Waals surface area contributed by atoms with E-state index in [1.165, 1.54) is 11.1 Å². The predicted molar refractivity (Wildman–Crippen MR) is 113 cm³/mol. The van der Waals surface area contributed by atoms with Crippen molar-refractivity contribution < 1.29 is 14.3 Å². The second-order valence-electron chi connectivity index (χ2n) is 7.91. The molecule has 2 aromatic carbocycles. The van der Waals surface area contributed by atoms with Crippen LogP contribution in [-0.4, -0.2) is 55.1 Å². The summed E-state index contributed by atoms with van der Waals surface area (Å²) < 4.78 is 11.2. The largest absolute Gasteiger partial charge is 0.489 e. The van der Waals surface area contributed by atoms with Gasteiger partial charge in [-0.25, -0.2) is 0 Å². The molecule has 0 spiro atoms. The lowest BCUT2D eigenvalue weighted by molar-refractivity contribution is -0.141. The van der Waals surface area contributed by atoms with Crippen LogP contribution < -0.4 is 4.74 Å². The highest BCUT2D eigenvalue weighted by Crippen LogP contribution is 2.22. The first-order chi connectivity index (χ1) is 14.3. The molecule has 5 nitrogen and oxygen atoms in total. The van der Waals surface area contributed by atoms with E-state index in [9.17, 15) is 4.79 Å². The topological polar surface area (TPSA) is 42.0 Å². The second kappa shape index (κ2) is 9.90. The standard InChI is InChI=1S/C24H30N2O3/c27-24(26-14-16-28-17-15-26)22-10-12-25(13-11-22)18-20-6-8-23(9-7-20)29-19-21-4-2-1-3-5-21/h1-9,22H,10-19H2. The first kappa shape index (κ1) is 19.9. The number of nitrogens with zero attached hydrogens (tertiary/aromatic N) is 2. The monoisotopic (exact) mass is 394 g/mol. The minimum Gasteiger partial charge on any atom is -0.489 e. The lowest BCUT2D eigenvalue weighted by Crippen LogP contribution is -2.46. The van der Waals surface area contributed by atoms with Crippen LogP contribution in [0.4, 0.5) is 0 Å². The van der Waals surface area contributed by atoms with Crippen molar-refractivity contribution in [2.24, 2.45) is 5.92 Å². The van der Waals surface area contributed by atoms with Gasteiger partial charge in [0.2, 0.25) is 5.91 Å². The Morgan fingerprint density at radius 1 is 0.897 bits per heavy atom. The molecule has 29 heavy (non-hydrogen) atoms. The lowest BCUT2D eigenvalue weighted by atomic mass is 9.94. The molecule has 0 unspecified atom stereocenters. The van der Waals surface area contributed by atoms with E-state index in [0.717, 1.165) is 51.3 Å². The number of likely N-dealkylation sites (tertiary alicyclic amines) is 1. The Hall–Kier alpha value is -2.37. The molecule has 2 aliphatic heterocycles. The summed E-state index contributed by atoms with van der Waals surface area (Å²) in [4.78, 5) is 17.1. The molecule has 0 atom stereocenters. The molecule has 1 amide bonds. The van der Waals surface area contributed by atoms with E-state index < -0.39 is 0 Å². The van der Waals surface area contributed by atoms with E-state index in [1.807, 2.05) is 35.2 Å². The molecule has 0 N–H and O–H groups in total. The van der Waals surface area contributed by atoms with Crippen molar-refractivity contribution in [1.82, 2.24) is 9.80 Å². The molecule has 2 aromatic rings. The number of ether oxygens (including phenoxy) is 2. The van der Waals surface area contributed by atoms with Crippen LogP contribution in [0.15, 0.2) is 54.6 Å². The quantitative estimate of drug-likeness (QED) is 0.754. The summed E-state index contributed by atoms with van der Waals surface area (Å²) in [5.74, 6) is 1.40. The molecular formula is C24H30N2O3. The van der Waals surface area contributed by atoms with Gasteiger partial charge in [0.25, 0.3) is 0 Å². The van der Waals surface area contributed by atoms with Crippen molar-refractivity contribution in [3.63, 3.8) is 0 Å². The third-order valence-electron chi connectivity index (χ3n) is 5.84. The van der Waals surface area contributed by atoms with Gasteiger partial charge >= 0.3 is 0 Å². The predicted octanol–water partition coefficient (Wildman–Crippen LogP) is 3.34. The molecular weight excluding hydrogens is 364 g/mol. The Kier molecular flexibility index (Phi) is 6.80. The number of rotatable bonds is 6. The van der Waals surface area contributed by atoms with Crippen molar-refractivity contribution in [1.29, 1.82) is 0 Å². The number of carbonyl (C=O) groups excluding carboxylic acids is 1. The fourth-order valence-electron chi connectivity index (χ4n) is 4.07. The zero-order valence-electron chi connectivity index (χ0n) is 17.0. The Morgan fingerprint density at radius 2 is 1.59 bits per heavy atom. The van der Waals surface area contributed by atoms with Crippen molar-refractivity contribution >= 4 is 5.91 Å². The van der Waals surface area contributed by atoms with Crippen LogP contribution >= 0.6 is 0 Å². The smallest absolute Gasteiger partial charge is 0.225 e. The van der Waals surface area contributed by atoms with Crippen LogP contribution in [0, 0.1) is 5.92 Å². The van der Waals surface area contributed by atoms with E-state index in [2.05, 4.69) is 29.2 Å². The van der Waals surface area contributed by atoms with E-state index in [4.69, 9.17) is 9.47 Å². The van der Waals surface area contributed by atoms with Crippen LogP contribution in [-0.2, 0) is 22.7 Å². The van der Waals surface area contributed by atoms with Gasteiger partial charge in [-0.15, -0.1) is 0 Å². The van der Waals surface area contributed by atoms with Gasteiger partial charge in [-0.1, -0.05) is 42.5 Å². The number of morpholine rings is 1. The van der Waals surface area contributed by atoms with Crippen molar-refractivity contribution in [3.8, 4) is 5.75 Å². The molecule has 2 aliphatic rings. The molecule has 2 fully saturated rings. The molecule has 154 valence electrons. The minimum absolute atomic E-state index is 0.179. The maximum Gasteiger partial charge on any atom is 0.225 e. The van der Waals surface area contributed by atoms with Gasteiger partial charge in [0.15, 0.2) is 0 Å². The zero-order chi connectivity index (χ0) is 19.9. The number of hydrogen-bond donors (Lipinski definition) is 0. The number of piperidine rings is 1. The third kappa shape index (κ3) is 5.58. The molecule has 0 saturated carbocycles. The number of carbonyl (C=O) groups is 1. The number of hydrogen-bond acceptors (Lipinski definition) is 4. The highest BCUT2D eigenvalue weighted by molar-refractivity contribution is 5.79. The average Bonchev–Trinajstić information content (AvgIpc) is 2.80. The van der Waals surface area contributed by atoms with Gasteiger partial charge in [0.1, 0.15) is 12.4 Å². The van der Waals surface area contributed by atoms with Crippen LogP contribution in [0.1, 0.15) is 24.0 Å². The molecule has 2 heterocycles. The van der Waals surface area contributed by atoms with E-state index >= 15 is 0 Å². The molecule has 0 aliphatic carbocycles. The Balaban J connectivity index is 1.21. The van der Waals surface area contributed by atoms with Gasteiger partial charge in [0, 0.05) is 25.6 Å². The molecule has 0 radical (unpaired) electrons. The van der Waals surface area contributed by atoms with Gasteiger partial charge in [-0.05, 0) is 49.2 Å². The van der Waals surface area contributed by atoms with Crippen molar-refractivity contribution in [3.05, 3.63) is 65.7 Å². The Morgan fingerprint density at radius 3 is 2.28 bits per heavy atom. The van der Waals surface area contributed by atoms with E-state index in [-0.39, 0.29) is 5.92 Å². The van der Waals surface area contributed by atoms with Gasteiger partial charge in [-0.2, -0.15) is 0 Å². The SMILES string of the molecule is O=C(C1CCN(Cc2ccc(OCc3ccccc3)cc2)CC1)N1CCOCC1. The van der Waals surface area contributed by atoms with Gasteiger partial charge in [0.05, 0.1) is 13.2 Å². The van der Waals surface area contributed by atoms with Crippen LogP contribution in [0.25, 0.3) is 0 Å². The third-order valence-corrected chi connectivity index (χ3v) is 5.84. The average molecular weight is 395 g/mol. The summed E-state index contributed by atoms with van der Waals surface area (Å²) in [5.41, 5.74) is 2.46. The van der Waals surface area contributed by atoms with Crippen molar-refractivity contribution in [2.75, 3.05) is 39.4 Å². The summed E-state index contributed by atoms with van der Waals surface area (Å²) in [6.07, 6.45) is 1.91. The normalized spacial score (nSPS) is 18.6. The van der Waals surface area contributed by atoms with Gasteiger partial charge < -0.3 is 14.4 Å². The second-order valence-corrected chi connectivity index (χ2v) is 7.91. The fourth-order valence-corrected chi connectivity index (χ4v) is 4.07. The highest BCUT2D eigenvalue weighted by atomic mass is 16.5. The molecule has 4 rings (SSSR count). The Bertz CT molecular complexity index is 764. The molecule has 2 saturated heterocycles. The minimum atomic E-state index is 0.179. The highest BCUT2D eigenvalue weighted by Gasteiger charge is 2.29. The molecule has 0 aromatic heterocycles. The number of amides is 1. The summed E-state index contributed by atoms with van der Waals surface area (Å²) in [6, 6.07) is 18.6. The summed E-state index contributed by atoms with van der Waals surface area (Å²) in [7, 11) is 0. The maximum atomic E-state index is 12.7.